The molecule has 0 spiro atoms. The lowest BCUT2D eigenvalue weighted by Gasteiger charge is -2.12. The molecule has 37 heavy (non-hydrogen) atoms. The Morgan fingerprint density at radius 1 is 0.973 bits per heavy atom. The molecule has 4 aromatic rings. The second-order valence-electron chi connectivity index (χ2n) is 8.83. The standard InChI is InChI=1S/C29H30ClN5O2/c1-3-4-27-25(18-33-35(27)24-12-10-23(30)11-13-24)29(37)34-26-14-9-22(15-19(26)2)28(36)32-17-21-7-5-20(16-31)6-8-21/h5-15,18H,3-4,16-17,31H2,1-2H3,(H,32,36)(H,34,37). The number of nitrogens with zero attached hydrogens (tertiary/aromatic N) is 2. The molecule has 0 aliphatic heterocycles. The number of aryl methyl sites for hydroxylation is 1. The lowest BCUT2D eigenvalue weighted by molar-refractivity contribution is 0.0950. The van der Waals surface area contributed by atoms with Gasteiger partial charge in [-0.25, -0.2) is 4.68 Å². The third kappa shape index (κ3) is 6.25. The molecule has 0 radical (unpaired) electrons. The second-order valence-corrected chi connectivity index (χ2v) is 9.27. The molecular weight excluding hydrogens is 486 g/mol. The zero-order valence-corrected chi connectivity index (χ0v) is 21.7. The molecule has 190 valence electrons. The molecule has 7 nitrogen and oxygen atoms in total. The van der Waals surface area contributed by atoms with Crippen molar-refractivity contribution in [3.05, 3.63) is 111 Å². The second kappa shape index (κ2) is 11.9. The molecule has 4 N–H and O–H groups in total. The van der Waals surface area contributed by atoms with E-state index in [4.69, 9.17) is 17.3 Å². The minimum atomic E-state index is -0.245. The Labute approximate surface area is 221 Å². The highest BCUT2D eigenvalue weighted by atomic mass is 35.5. The van der Waals surface area contributed by atoms with Crippen molar-refractivity contribution in [1.29, 1.82) is 0 Å². The van der Waals surface area contributed by atoms with Gasteiger partial charge in [0, 0.05) is 29.4 Å². The van der Waals surface area contributed by atoms with Gasteiger partial charge in [0.1, 0.15) is 0 Å². The van der Waals surface area contributed by atoms with Gasteiger partial charge in [0.05, 0.1) is 23.1 Å². The van der Waals surface area contributed by atoms with Crippen molar-refractivity contribution in [2.45, 2.75) is 39.8 Å². The summed E-state index contributed by atoms with van der Waals surface area (Å²) >= 11 is 6.02. The number of carbonyl (C=O) groups is 2. The van der Waals surface area contributed by atoms with Gasteiger partial charge in [0.15, 0.2) is 0 Å². The van der Waals surface area contributed by atoms with Crippen molar-refractivity contribution < 1.29 is 9.59 Å². The summed E-state index contributed by atoms with van der Waals surface area (Å²) in [5.74, 6) is -0.428. The summed E-state index contributed by atoms with van der Waals surface area (Å²) in [6.45, 7) is 4.82. The molecule has 0 aliphatic carbocycles. The average molecular weight is 516 g/mol. The highest BCUT2D eigenvalue weighted by Gasteiger charge is 2.19. The lowest BCUT2D eigenvalue weighted by Crippen LogP contribution is -2.23. The molecule has 1 heterocycles. The highest BCUT2D eigenvalue weighted by molar-refractivity contribution is 6.30. The van der Waals surface area contributed by atoms with Crippen LogP contribution in [0.3, 0.4) is 0 Å². The van der Waals surface area contributed by atoms with Crippen molar-refractivity contribution >= 4 is 29.1 Å². The largest absolute Gasteiger partial charge is 0.348 e. The molecule has 0 fully saturated rings. The van der Waals surface area contributed by atoms with E-state index in [1.54, 1.807) is 41.2 Å². The van der Waals surface area contributed by atoms with E-state index in [1.807, 2.05) is 43.3 Å². The smallest absolute Gasteiger partial charge is 0.259 e. The first kappa shape index (κ1) is 26.1. The third-order valence-electron chi connectivity index (χ3n) is 6.12. The Kier molecular flexibility index (Phi) is 8.38. The normalized spacial score (nSPS) is 10.8. The first-order chi connectivity index (χ1) is 17.9. The van der Waals surface area contributed by atoms with Crippen LogP contribution in [0, 0.1) is 6.92 Å². The summed E-state index contributed by atoms with van der Waals surface area (Å²) in [4.78, 5) is 25.9. The van der Waals surface area contributed by atoms with Crippen molar-refractivity contribution in [3.8, 4) is 5.69 Å². The quantitative estimate of drug-likeness (QED) is 0.276. The number of nitrogens with one attached hydrogen (secondary N) is 2. The first-order valence-electron chi connectivity index (χ1n) is 12.2. The number of benzene rings is 3. The zero-order chi connectivity index (χ0) is 26.4. The van der Waals surface area contributed by atoms with Crippen LogP contribution < -0.4 is 16.4 Å². The van der Waals surface area contributed by atoms with Crippen LogP contribution in [0.25, 0.3) is 5.69 Å². The predicted octanol–water partition coefficient (Wildman–Crippen LogP) is 5.43. The van der Waals surface area contributed by atoms with Crippen LogP contribution in [-0.4, -0.2) is 21.6 Å². The fourth-order valence-electron chi connectivity index (χ4n) is 4.06. The van der Waals surface area contributed by atoms with Gasteiger partial charge in [0.25, 0.3) is 11.8 Å². The number of halogens is 1. The van der Waals surface area contributed by atoms with Gasteiger partial charge >= 0.3 is 0 Å². The number of anilines is 1. The minimum absolute atomic E-state index is 0.182. The molecule has 0 unspecified atom stereocenters. The van der Waals surface area contributed by atoms with Gasteiger partial charge in [-0.1, -0.05) is 49.2 Å². The van der Waals surface area contributed by atoms with Crippen LogP contribution in [0.1, 0.15) is 56.4 Å². The van der Waals surface area contributed by atoms with E-state index in [-0.39, 0.29) is 11.8 Å². The monoisotopic (exact) mass is 515 g/mol. The summed E-state index contributed by atoms with van der Waals surface area (Å²) in [5.41, 5.74) is 11.8. The summed E-state index contributed by atoms with van der Waals surface area (Å²) in [5, 5.41) is 11.0. The van der Waals surface area contributed by atoms with Gasteiger partial charge < -0.3 is 16.4 Å². The number of carbonyl (C=O) groups excluding carboxylic acids is 2. The number of hydrogen-bond donors (Lipinski definition) is 3. The van der Waals surface area contributed by atoms with Crippen molar-refractivity contribution in [2.75, 3.05) is 5.32 Å². The van der Waals surface area contributed by atoms with Crippen LogP contribution in [-0.2, 0) is 19.5 Å². The molecule has 2 amide bonds. The highest BCUT2D eigenvalue weighted by Crippen LogP contribution is 2.22. The molecule has 4 rings (SSSR count). The minimum Gasteiger partial charge on any atom is -0.348 e. The number of hydrogen-bond acceptors (Lipinski definition) is 4. The SMILES string of the molecule is CCCc1c(C(=O)Nc2ccc(C(=O)NCc3ccc(CN)cc3)cc2C)cnn1-c1ccc(Cl)cc1. The van der Waals surface area contributed by atoms with Crippen LogP contribution in [0.4, 0.5) is 5.69 Å². The Hall–Kier alpha value is -3.94. The Bertz CT molecular complexity index is 1400. The van der Waals surface area contributed by atoms with E-state index in [0.717, 1.165) is 34.5 Å². The topological polar surface area (TPSA) is 102 Å². The van der Waals surface area contributed by atoms with Gasteiger partial charge in [-0.15, -0.1) is 0 Å². The average Bonchev–Trinajstić information content (AvgIpc) is 3.33. The van der Waals surface area contributed by atoms with Crippen LogP contribution in [0.5, 0.6) is 0 Å². The summed E-state index contributed by atoms with van der Waals surface area (Å²) in [6, 6.07) is 20.4. The van der Waals surface area contributed by atoms with E-state index < -0.39 is 0 Å². The maximum absolute atomic E-state index is 13.2. The molecule has 0 saturated carbocycles. The van der Waals surface area contributed by atoms with Crippen LogP contribution >= 0.6 is 11.6 Å². The van der Waals surface area contributed by atoms with E-state index >= 15 is 0 Å². The maximum Gasteiger partial charge on any atom is 0.259 e. The molecule has 1 aromatic heterocycles. The molecular formula is C29H30ClN5O2. The third-order valence-corrected chi connectivity index (χ3v) is 6.37. The van der Waals surface area contributed by atoms with E-state index in [0.29, 0.717) is 41.3 Å². The molecule has 8 heteroatoms. The number of rotatable bonds is 9. The number of amides is 2. The predicted molar refractivity (Wildman–Crippen MR) is 147 cm³/mol. The van der Waals surface area contributed by atoms with Crippen LogP contribution in [0.15, 0.2) is 72.9 Å². The van der Waals surface area contributed by atoms with Crippen molar-refractivity contribution in [1.82, 2.24) is 15.1 Å². The molecule has 0 atom stereocenters. The molecule has 0 saturated heterocycles. The molecule has 0 aliphatic rings. The van der Waals surface area contributed by atoms with Gasteiger partial charge in [0.2, 0.25) is 0 Å². The Morgan fingerprint density at radius 3 is 2.32 bits per heavy atom. The Balaban J connectivity index is 1.46. The van der Waals surface area contributed by atoms with E-state index in [1.165, 1.54) is 0 Å². The number of aromatic nitrogens is 2. The first-order valence-corrected chi connectivity index (χ1v) is 12.6. The van der Waals surface area contributed by atoms with Crippen LogP contribution in [0.2, 0.25) is 5.02 Å². The summed E-state index contributed by atoms with van der Waals surface area (Å²) in [7, 11) is 0. The maximum atomic E-state index is 13.2. The zero-order valence-electron chi connectivity index (χ0n) is 20.9. The lowest BCUT2D eigenvalue weighted by atomic mass is 10.1. The Morgan fingerprint density at radius 2 is 1.68 bits per heavy atom. The number of nitrogens with two attached hydrogens (primary N) is 1. The van der Waals surface area contributed by atoms with E-state index in [9.17, 15) is 9.59 Å². The summed E-state index contributed by atoms with van der Waals surface area (Å²) < 4.78 is 1.78. The van der Waals surface area contributed by atoms with Gasteiger partial charge in [-0.2, -0.15) is 5.10 Å². The molecule has 0 bridgehead atoms. The van der Waals surface area contributed by atoms with Crippen molar-refractivity contribution in [2.24, 2.45) is 5.73 Å². The summed E-state index contributed by atoms with van der Waals surface area (Å²) in [6.07, 6.45) is 3.14. The van der Waals surface area contributed by atoms with Gasteiger partial charge in [-0.3, -0.25) is 9.59 Å². The molecule has 3 aromatic carbocycles. The fraction of sp³-hybridized carbons (Fsp3) is 0.207. The van der Waals surface area contributed by atoms with Crippen molar-refractivity contribution in [3.63, 3.8) is 0 Å². The van der Waals surface area contributed by atoms with Gasteiger partial charge in [-0.05, 0) is 72.5 Å². The fourth-order valence-corrected chi connectivity index (χ4v) is 4.18. The van der Waals surface area contributed by atoms with E-state index in [2.05, 4.69) is 22.7 Å².